The monoisotopic (exact) mass is 321 g/mol. The van der Waals surface area contributed by atoms with Crippen LogP contribution in [0.5, 0.6) is 0 Å². The van der Waals surface area contributed by atoms with Gasteiger partial charge < -0.3 is 4.90 Å². The van der Waals surface area contributed by atoms with E-state index in [1.54, 1.807) is 18.5 Å². The number of ketones is 1. The molecule has 23 heavy (non-hydrogen) atoms. The molecule has 0 aliphatic heterocycles. The predicted octanol–water partition coefficient (Wildman–Crippen LogP) is 0.430. The number of anilines is 1. The maximum Gasteiger partial charge on any atom is 0.332 e. The molecule has 0 aliphatic rings. The van der Waals surface area contributed by atoms with Crippen LogP contribution in [-0.2, 0) is 18.9 Å². The number of carbonyl (C=O) groups is 1. The number of rotatable bonds is 5. The van der Waals surface area contributed by atoms with E-state index in [0.717, 1.165) is 4.57 Å². The van der Waals surface area contributed by atoms with E-state index >= 15 is 0 Å². The van der Waals surface area contributed by atoms with E-state index < -0.39 is 17.3 Å². The molecule has 0 saturated heterocycles. The average Bonchev–Trinajstić information content (AvgIpc) is 2.91. The second kappa shape index (κ2) is 6.02. The third-order valence-electron chi connectivity index (χ3n) is 4.29. The quantitative estimate of drug-likeness (QED) is 0.797. The molecule has 0 spiro atoms. The SMILES string of the molecule is CCN(CC)c1nc2c(c(=O)n(C)c(=O)n2C)n1C(C)C(C)=O. The van der Waals surface area contributed by atoms with Crippen LogP contribution in [0.3, 0.4) is 0 Å². The topological polar surface area (TPSA) is 82.1 Å². The van der Waals surface area contributed by atoms with Gasteiger partial charge in [0.25, 0.3) is 5.56 Å². The Balaban J connectivity index is 3.03. The lowest BCUT2D eigenvalue weighted by molar-refractivity contribution is -0.119. The first-order valence-electron chi connectivity index (χ1n) is 7.69. The van der Waals surface area contributed by atoms with Crippen molar-refractivity contribution in [1.82, 2.24) is 18.7 Å². The summed E-state index contributed by atoms with van der Waals surface area (Å²) in [7, 11) is 3.00. The van der Waals surface area contributed by atoms with Crippen LogP contribution < -0.4 is 16.1 Å². The van der Waals surface area contributed by atoms with Crippen LogP contribution in [0.15, 0.2) is 9.59 Å². The Morgan fingerprint density at radius 1 is 1.17 bits per heavy atom. The molecular weight excluding hydrogens is 298 g/mol. The third kappa shape index (κ3) is 2.47. The molecule has 0 saturated carbocycles. The summed E-state index contributed by atoms with van der Waals surface area (Å²) in [5.41, 5.74) is -0.303. The van der Waals surface area contributed by atoms with Crippen molar-refractivity contribution in [2.24, 2.45) is 14.1 Å². The summed E-state index contributed by atoms with van der Waals surface area (Å²) in [5.74, 6) is 0.458. The summed E-state index contributed by atoms with van der Waals surface area (Å²) in [5, 5.41) is 0. The molecule has 2 rings (SSSR count). The maximum atomic E-state index is 12.6. The lowest BCUT2D eigenvalue weighted by Crippen LogP contribution is -2.38. The van der Waals surface area contributed by atoms with Crippen LogP contribution in [0.1, 0.15) is 33.7 Å². The van der Waals surface area contributed by atoms with Crippen LogP contribution in [0.2, 0.25) is 0 Å². The normalized spacial score (nSPS) is 12.6. The number of imidazole rings is 1. The van der Waals surface area contributed by atoms with Gasteiger partial charge in [-0.25, -0.2) is 4.79 Å². The first kappa shape index (κ1) is 17.0. The maximum absolute atomic E-state index is 12.6. The molecule has 8 heteroatoms. The van der Waals surface area contributed by atoms with Crippen LogP contribution in [0.25, 0.3) is 11.2 Å². The molecule has 0 fully saturated rings. The van der Waals surface area contributed by atoms with E-state index in [1.807, 2.05) is 18.7 Å². The molecule has 8 nitrogen and oxygen atoms in total. The molecular formula is C15H23N5O3. The molecule has 0 aromatic carbocycles. The molecule has 2 aromatic rings. The van der Waals surface area contributed by atoms with Gasteiger partial charge in [0, 0.05) is 27.2 Å². The van der Waals surface area contributed by atoms with Crippen LogP contribution >= 0.6 is 0 Å². The van der Waals surface area contributed by atoms with Crippen molar-refractivity contribution in [2.45, 2.75) is 33.7 Å². The van der Waals surface area contributed by atoms with Gasteiger partial charge >= 0.3 is 5.69 Å². The first-order chi connectivity index (χ1) is 10.8. The second-order valence-electron chi connectivity index (χ2n) is 5.62. The molecule has 0 amide bonds. The van der Waals surface area contributed by atoms with E-state index in [1.165, 1.54) is 18.5 Å². The Morgan fingerprint density at radius 2 is 1.74 bits per heavy atom. The fourth-order valence-electron chi connectivity index (χ4n) is 2.68. The summed E-state index contributed by atoms with van der Waals surface area (Å²) in [6, 6.07) is -0.541. The van der Waals surface area contributed by atoms with Crippen molar-refractivity contribution in [1.29, 1.82) is 0 Å². The average molecular weight is 321 g/mol. The Hall–Kier alpha value is -2.38. The second-order valence-corrected chi connectivity index (χ2v) is 5.62. The Kier molecular flexibility index (Phi) is 4.44. The lowest BCUT2D eigenvalue weighted by atomic mass is 10.2. The highest BCUT2D eigenvalue weighted by Gasteiger charge is 2.26. The molecule has 1 atom stereocenters. The fraction of sp³-hybridized carbons (Fsp3) is 0.600. The van der Waals surface area contributed by atoms with E-state index in [4.69, 9.17) is 0 Å². The van der Waals surface area contributed by atoms with E-state index in [0.29, 0.717) is 24.7 Å². The molecule has 0 radical (unpaired) electrons. The van der Waals surface area contributed by atoms with Gasteiger partial charge in [0.15, 0.2) is 16.9 Å². The zero-order valence-corrected chi connectivity index (χ0v) is 14.5. The summed E-state index contributed by atoms with van der Waals surface area (Å²) in [4.78, 5) is 43.2. The van der Waals surface area contributed by atoms with Crippen molar-refractivity contribution in [3.05, 3.63) is 20.8 Å². The highest BCUT2D eigenvalue weighted by Crippen LogP contribution is 2.24. The standard InChI is InChI=1S/C15H23N5O3/c1-7-19(8-2)14-16-12-11(20(14)9(3)10(4)21)13(22)18(6)15(23)17(12)5/h9H,7-8H2,1-6H3. The smallest absolute Gasteiger partial charge is 0.332 e. The minimum absolute atomic E-state index is 0.0754. The number of Topliss-reactive ketones (excluding diaryl/α,β-unsaturated/α-hetero) is 1. The van der Waals surface area contributed by atoms with Crippen molar-refractivity contribution in [3.8, 4) is 0 Å². The molecule has 2 aromatic heterocycles. The number of hydrogen-bond acceptors (Lipinski definition) is 5. The van der Waals surface area contributed by atoms with E-state index in [2.05, 4.69) is 4.98 Å². The Morgan fingerprint density at radius 3 is 2.22 bits per heavy atom. The summed E-state index contributed by atoms with van der Waals surface area (Å²) >= 11 is 0. The largest absolute Gasteiger partial charge is 0.343 e. The van der Waals surface area contributed by atoms with Gasteiger partial charge in [0.05, 0.1) is 6.04 Å². The van der Waals surface area contributed by atoms with Crippen molar-refractivity contribution < 1.29 is 4.79 Å². The van der Waals surface area contributed by atoms with Gasteiger partial charge in [-0.15, -0.1) is 0 Å². The highest BCUT2D eigenvalue weighted by atomic mass is 16.2. The van der Waals surface area contributed by atoms with Crippen molar-refractivity contribution in [3.63, 3.8) is 0 Å². The Bertz CT molecular complexity index is 870. The number of aromatic nitrogens is 4. The van der Waals surface area contributed by atoms with Gasteiger partial charge in [0.2, 0.25) is 5.95 Å². The molecule has 0 bridgehead atoms. The third-order valence-corrected chi connectivity index (χ3v) is 4.29. The van der Waals surface area contributed by atoms with Gasteiger partial charge in [-0.3, -0.25) is 23.3 Å². The number of fused-ring (bicyclic) bond motifs is 1. The van der Waals surface area contributed by atoms with Gasteiger partial charge in [-0.2, -0.15) is 4.98 Å². The lowest BCUT2D eigenvalue weighted by Gasteiger charge is -2.23. The number of hydrogen-bond donors (Lipinski definition) is 0. The minimum atomic E-state index is -0.541. The number of aryl methyl sites for hydroxylation is 1. The molecule has 2 heterocycles. The molecule has 1 unspecified atom stereocenters. The van der Waals surface area contributed by atoms with Crippen LogP contribution in [0.4, 0.5) is 5.95 Å². The number of nitrogens with zero attached hydrogens (tertiary/aromatic N) is 5. The van der Waals surface area contributed by atoms with Gasteiger partial charge in [0.1, 0.15) is 0 Å². The van der Waals surface area contributed by atoms with Crippen LogP contribution in [-0.4, -0.2) is 37.6 Å². The molecule has 0 N–H and O–H groups in total. The minimum Gasteiger partial charge on any atom is -0.343 e. The summed E-state index contributed by atoms with van der Waals surface area (Å²) in [6.45, 7) is 8.53. The molecule has 0 aliphatic carbocycles. The fourth-order valence-corrected chi connectivity index (χ4v) is 2.68. The summed E-state index contributed by atoms with van der Waals surface area (Å²) in [6.07, 6.45) is 0. The van der Waals surface area contributed by atoms with Crippen LogP contribution in [0, 0.1) is 0 Å². The molecule has 126 valence electrons. The predicted molar refractivity (Wildman–Crippen MR) is 89.2 cm³/mol. The number of carbonyl (C=O) groups excluding carboxylic acids is 1. The van der Waals surface area contributed by atoms with E-state index in [-0.39, 0.29) is 11.3 Å². The van der Waals surface area contributed by atoms with E-state index in [9.17, 15) is 14.4 Å². The van der Waals surface area contributed by atoms with Crippen molar-refractivity contribution in [2.75, 3.05) is 18.0 Å². The first-order valence-corrected chi connectivity index (χ1v) is 7.69. The summed E-state index contributed by atoms with van der Waals surface area (Å²) < 4.78 is 4.03. The van der Waals surface area contributed by atoms with Gasteiger partial charge in [-0.05, 0) is 27.7 Å². The highest BCUT2D eigenvalue weighted by molar-refractivity contribution is 5.84. The zero-order chi connectivity index (χ0) is 17.5. The van der Waals surface area contributed by atoms with Gasteiger partial charge in [-0.1, -0.05) is 0 Å². The van der Waals surface area contributed by atoms with Crippen molar-refractivity contribution >= 4 is 22.9 Å². The Labute approximate surface area is 134 Å². The zero-order valence-electron chi connectivity index (χ0n) is 14.5.